The molecule has 100 valence electrons. The van der Waals surface area contributed by atoms with Crippen molar-refractivity contribution in [3.63, 3.8) is 0 Å². The first-order valence-electron chi connectivity index (χ1n) is 5.87. The summed E-state index contributed by atoms with van der Waals surface area (Å²) in [6, 6.07) is -0.195. The molecular formula is C10H21N3O2S2. The molecule has 1 fully saturated rings. The van der Waals surface area contributed by atoms with Gasteiger partial charge in [0.05, 0.1) is 4.99 Å². The van der Waals surface area contributed by atoms with Crippen LogP contribution in [0.3, 0.4) is 0 Å². The largest absolute Gasteiger partial charge is 0.393 e. The topological polar surface area (TPSA) is 66.6 Å². The number of hydrogen-bond acceptors (Lipinski definition) is 3. The SMILES string of the molecule is CC(CC(N)=S)N(C)S(=O)(=O)N1CCCCC1. The Labute approximate surface area is 109 Å². The number of hydrogen-bond donors (Lipinski definition) is 1. The summed E-state index contributed by atoms with van der Waals surface area (Å²) in [6.07, 6.45) is 3.41. The van der Waals surface area contributed by atoms with Gasteiger partial charge in [-0.25, -0.2) is 0 Å². The Balaban J connectivity index is 2.71. The number of nitrogens with two attached hydrogens (primary N) is 1. The van der Waals surface area contributed by atoms with Crippen molar-refractivity contribution >= 4 is 27.4 Å². The molecule has 0 aromatic carbocycles. The van der Waals surface area contributed by atoms with Gasteiger partial charge in [-0.05, 0) is 19.8 Å². The molecule has 1 atom stereocenters. The lowest BCUT2D eigenvalue weighted by Gasteiger charge is -2.32. The van der Waals surface area contributed by atoms with Gasteiger partial charge in [-0.15, -0.1) is 0 Å². The van der Waals surface area contributed by atoms with Crippen LogP contribution in [-0.4, -0.2) is 48.2 Å². The summed E-state index contributed by atoms with van der Waals surface area (Å²) in [5.41, 5.74) is 5.45. The summed E-state index contributed by atoms with van der Waals surface area (Å²) in [4.78, 5) is 0.346. The van der Waals surface area contributed by atoms with Crippen LogP contribution in [0.1, 0.15) is 32.6 Å². The summed E-state index contributed by atoms with van der Waals surface area (Å²) in [6.45, 7) is 3.06. The lowest BCUT2D eigenvalue weighted by atomic mass is 10.2. The highest BCUT2D eigenvalue weighted by Gasteiger charge is 2.30. The van der Waals surface area contributed by atoms with E-state index < -0.39 is 10.2 Å². The Morgan fingerprint density at radius 2 is 1.94 bits per heavy atom. The van der Waals surface area contributed by atoms with Crippen LogP contribution in [0.2, 0.25) is 0 Å². The van der Waals surface area contributed by atoms with Gasteiger partial charge in [-0.1, -0.05) is 18.6 Å². The monoisotopic (exact) mass is 279 g/mol. The second kappa shape index (κ2) is 6.08. The quantitative estimate of drug-likeness (QED) is 0.753. The molecule has 1 heterocycles. The van der Waals surface area contributed by atoms with Crippen molar-refractivity contribution in [1.82, 2.24) is 8.61 Å². The van der Waals surface area contributed by atoms with Crippen LogP contribution in [0.15, 0.2) is 0 Å². The summed E-state index contributed by atoms with van der Waals surface area (Å²) in [7, 11) is -1.77. The summed E-state index contributed by atoms with van der Waals surface area (Å²) < 4.78 is 27.5. The van der Waals surface area contributed by atoms with Crippen molar-refractivity contribution in [3.8, 4) is 0 Å². The van der Waals surface area contributed by atoms with Gasteiger partial charge >= 0.3 is 0 Å². The van der Waals surface area contributed by atoms with Crippen molar-refractivity contribution < 1.29 is 8.42 Å². The molecule has 1 rings (SSSR count). The smallest absolute Gasteiger partial charge is 0.281 e. The fraction of sp³-hybridized carbons (Fsp3) is 0.900. The Bertz CT molecular complexity index is 364. The van der Waals surface area contributed by atoms with Gasteiger partial charge in [0.2, 0.25) is 0 Å². The molecule has 2 N–H and O–H groups in total. The van der Waals surface area contributed by atoms with Crippen molar-refractivity contribution in [3.05, 3.63) is 0 Å². The predicted octanol–water partition coefficient (Wildman–Crippen LogP) is 0.714. The van der Waals surface area contributed by atoms with Crippen molar-refractivity contribution in [2.75, 3.05) is 20.1 Å². The van der Waals surface area contributed by atoms with Gasteiger partial charge in [0, 0.05) is 32.6 Å². The molecule has 1 aliphatic rings. The molecule has 7 heteroatoms. The van der Waals surface area contributed by atoms with Gasteiger partial charge < -0.3 is 5.73 Å². The Kier molecular flexibility index (Phi) is 5.30. The Morgan fingerprint density at radius 3 is 2.41 bits per heavy atom. The van der Waals surface area contributed by atoms with E-state index >= 15 is 0 Å². The zero-order chi connectivity index (χ0) is 13.1. The molecule has 1 saturated heterocycles. The minimum absolute atomic E-state index is 0.195. The third-order valence-corrected chi connectivity index (χ3v) is 5.39. The number of nitrogens with zero attached hydrogens (tertiary/aromatic N) is 2. The van der Waals surface area contributed by atoms with Gasteiger partial charge in [0.15, 0.2) is 0 Å². The van der Waals surface area contributed by atoms with Gasteiger partial charge in [0.1, 0.15) is 0 Å². The molecule has 0 radical (unpaired) electrons. The molecule has 5 nitrogen and oxygen atoms in total. The van der Waals surface area contributed by atoms with E-state index in [0.29, 0.717) is 24.5 Å². The fourth-order valence-corrected chi connectivity index (χ4v) is 3.78. The Morgan fingerprint density at radius 1 is 1.41 bits per heavy atom. The second-order valence-corrected chi connectivity index (χ2v) is 7.02. The lowest BCUT2D eigenvalue weighted by molar-refractivity contribution is 0.298. The molecule has 1 unspecified atom stereocenters. The number of thiocarbonyl (C=S) groups is 1. The first kappa shape index (κ1) is 14.8. The van der Waals surface area contributed by atoms with Crippen LogP contribution >= 0.6 is 12.2 Å². The van der Waals surface area contributed by atoms with E-state index in [1.165, 1.54) is 4.31 Å². The normalized spacial score (nSPS) is 20.4. The average molecular weight is 279 g/mol. The van der Waals surface area contributed by atoms with E-state index in [1.54, 1.807) is 11.4 Å². The highest BCUT2D eigenvalue weighted by Crippen LogP contribution is 2.18. The van der Waals surface area contributed by atoms with Crippen molar-refractivity contribution in [2.24, 2.45) is 5.73 Å². The molecule has 0 aliphatic carbocycles. The molecule has 0 aromatic rings. The molecule has 0 saturated carbocycles. The van der Waals surface area contributed by atoms with E-state index in [9.17, 15) is 8.42 Å². The summed E-state index contributed by atoms with van der Waals surface area (Å²) >= 11 is 4.81. The van der Waals surface area contributed by atoms with Crippen molar-refractivity contribution in [2.45, 2.75) is 38.6 Å². The van der Waals surface area contributed by atoms with Crippen molar-refractivity contribution in [1.29, 1.82) is 0 Å². The van der Waals surface area contributed by atoms with E-state index in [4.69, 9.17) is 18.0 Å². The average Bonchev–Trinajstić information content (AvgIpc) is 2.28. The predicted molar refractivity (Wildman–Crippen MR) is 73.0 cm³/mol. The van der Waals surface area contributed by atoms with Crippen LogP contribution in [0.4, 0.5) is 0 Å². The minimum atomic E-state index is -3.36. The van der Waals surface area contributed by atoms with Gasteiger partial charge in [-0.3, -0.25) is 0 Å². The molecule has 0 aromatic heterocycles. The van der Waals surface area contributed by atoms with Crippen LogP contribution in [0.25, 0.3) is 0 Å². The van der Waals surface area contributed by atoms with E-state index in [0.717, 1.165) is 19.3 Å². The van der Waals surface area contributed by atoms with E-state index in [-0.39, 0.29) is 6.04 Å². The summed E-state index contributed by atoms with van der Waals surface area (Å²) in [5.74, 6) is 0. The lowest BCUT2D eigenvalue weighted by Crippen LogP contribution is -2.48. The fourth-order valence-electron chi connectivity index (χ4n) is 1.92. The van der Waals surface area contributed by atoms with Crippen LogP contribution < -0.4 is 5.73 Å². The zero-order valence-electron chi connectivity index (χ0n) is 10.4. The second-order valence-electron chi connectivity index (χ2n) is 4.50. The zero-order valence-corrected chi connectivity index (χ0v) is 12.1. The molecule has 0 spiro atoms. The Hall–Kier alpha value is -0.240. The molecule has 1 aliphatic heterocycles. The van der Waals surface area contributed by atoms with Crippen LogP contribution in [-0.2, 0) is 10.2 Å². The number of rotatable bonds is 5. The van der Waals surface area contributed by atoms with E-state index in [1.807, 2.05) is 6.92 Å². The number of piperidine rings is 1. The molecule has 17 heavy (non-hydrogen) atoms. The van der Waals surface area contributed by atoms with Gasteiger partial charge in [-0.2, -0.15) is 17.0 Å². The maximum absolute atomic E-state index is 12.3. The standard InChI is InChI=1S/C10H21N3O2S2/c1-9(8-10(11)16)12(2)17(14,15)13-6-4-3-5-7-13/h9H,3-8H2,1-2H3,(H2,11,16). The highest BCUT2D eigenvalue weighted by molar-refractivity contribution is 7.86. The first-order valence-corrected chi connectivity index (χ1v) is 7.67. The summed E-state index contributed by atoms with van der Waals surface area (Å²) in [5, 5.41) is 0. The highest BCUT2D eigenvalue weighted by atomic mass is 32.2. The third-order valence-electron chi connectivity index (χ3n) is 3.12. The third kappa shape index (κ3) is 3.87. The molecule has 0 bridgehead atoms. The van der Waals surface area contributed by atoms with Gasteiger partial charge in [0.25, 0.3) is 10.2 Å². The first-order chi connectivity index (χ1) is 7.85. The van der Waals surface area contributed by atoms with Crippen LogP contribution in [0, 0.1) is 0 Å². The van der Waals surface area contributed by atoms with Crippen LogP contribution in [0.5, 0.6) is 0 Å². The maximum atomic E-state index is 12.3. The van der Waals surface area contributed by atoms with E-state index in [2.05, 4.69) is 0 Å². The maximum Gasteiger partial charge on any atom is 0.281 e. The molecule has 0 amide bonds. The molecular weight excluding hydrogens is 258 g/mol. The minimum Gasteiger partial charge on any atom is -0.393 e.